The number of aliphatic imine (C=N–C) groups is 1. The van der Waals surface area contributed by atoms with Gasteiger partial charge >= 0.3 is 6.18 Å². The Hall–Kier alpha value is -1.39. The van der Waals surface area contributed by atoms with Crippen LogP contribution in [0.4, 0.5) is 13.2 Å². The predicted molar refractivity (Wildman–Crippen MR) is 105 cm³/mol. The molecule has 0 radical (unpaired) electrons. The molecule has 0 aliphatic heterocycles. The van der Waals surface area contributed by atoms with Gasteiger partial charge < -0.3 is 20.5 Å². The van der Waals surface area contributed by atoms with Gasteiger partial charge in [-0.25, -0.2) is 0 Å². The van der Waals surface area contributed by atoms with Gasteiger partial charge in [0.25, 0.3) is 0 Å². The Balaban J connectivity index is 0.00000338. The normalized spacial score (nSPS) is 20.9. The summed E-state index contributed by atoms with van der Waals surface area (Å²) in [5.41, 5.74) is 0.610. The van der Waals surface area contributed by atoms with Gasteiger partial charge in [-0.05, 0) is 37.5 Å². The van der Waals surface area contributed by atoms with Crippen LogP contribution in [0.15, 0.2) is 23.2 Å². The van der Waals surface area contributed by atoms with Crippen molar-refractivity contribution in [3.8, 4) is 11.5 Å². The fraction of sp³-hybridized carbons (Fsp3) is 0.588. The van der Waals surface area contributed by atoms with Crippen molar-refractivity contribution in [2.24, 2.45) is 10.9 Å². The molecule has 0 saturated heterocycles. The summed E-state index contributed by atoms with van der Waals surface area (Å²) in [5.74, 6) is -0.134. The van der Waals surface area contributed by atoms with Crippen LogP contribution in [-0.2, 0) is 6.54 Å². The molecule has 2 rings (SSSR count). The van der Waals surface area contributed by atoms with Gasteiger partial charge in [-0.2, -0.15) is 13.2 Å². The van der Waals surface area contributed by atoms with Gasteiger partial charge in [0, 0.05) is 25.2 Å². The Morgan fingerprint density at radius 1 is 1.35 bits per heavy atom. The van der Waals surface area contributed by atoms with Crippen LogP contribution in [0.2, 0.25) is 0 Å². The van der Waals surface area contributed by atoms with Gasteiger partial charge in [-0.1, -0.05) is 6.42 Å². The lowest BCUT2D eigenvalue weighted by Gasteiger charge is -2.31. The molecule has 1 fully saturated rings. The fourth-order valence-corrected chi connectivity index (χ4v) is 3.02. The number of methoxy groups -OCH3 is 1. The number of hydrogen-bond acceptors (Lipinski definition) is 3. The number of nitrogens with zero attached hydrogens (tertiary/aromatic N) is 1. The van der Waals surface area contributed by atoms with Crippen molar-refractivity contribution in [3.05, 3.63) is 23.8 Å². The molecule has 1 aliphatic rings. The van der Waals surface area contributed by atoms with E-state index in [9.17, 15) is 18.3 Å². The second kappa shape index (κ2) is 10.1. The highest BCUT2D eigenvalue weighted by molar-refractivity contribution is 14.0. The summed E-state index contributed by atoms with van der Waals surface area (Å²) in [5, 5.41) is 16.0. The van der Waals surface area contributed by atoms with Gasteiger partial charge in [0.1, 0.15) is 11.5 Å². The van der Waals surface area contributed by atoms with Crippen LogP contribution in [-0.4, -0.2) is 37.4 Å². The number of alkyl halides is 3. The minimum atomic E-state index is -4.15. The molecule has 148 valence electrons. The molecule has 9 heteroatoms. The lowest BCUT2D eigenvalue weighted by atomic mass is 9.85. The van der Waals surface area contributed by atoms with Gasteiger partial charge in [0.2, 0.25) is 0 Å². The van der Waals surface area contributed by atoms with Gasteiger partial charge in [0.05, 0.1) is 13.0 Å². The van der Waals surface area contributed by atoms with E-state index in [-0.39, 0.29) is 55.2 Å². The lowest BCUT2D eigenvalue weighted by Crippen LogP contribution is -2.46. The molecule has 1 aromatic rings. The first kappa shape index (κ1) is 22.7. The molecule has 3 N–H and O–H groups in total. The second-order valence-corrected chi connectivity index (χ2v) is 6.17. The number of guanidine groups is 1. The van der Waals surface area contributed by atoms with Crippen LogP contribution < -0.4 is 15.4 Å². The molecule has 26 heavy (non-hydrogen) atoms. The fourth-order valence-electron chi connectivity index (χ4n) is 3.02. The van der Waals surface area contributed by atoms with Crippen molar-refractivity contribution in [2.75, 3.05) is 14.2 Å². The van der Waals surface area contributed by atoms with E-state index in [4.69, 9.17) is 4.74 Å². The van der Waals surface area contributed by atoms with E-state index >= 15 is 0 Å². The SMILES string of the molecule is CN=C(NCc1cc(OC)ccc1O)NC1CCCC(C(F)(F)F)C1.I. The molecule has 2 unspecified atom stereocenters. The van der Waals surface area contributed by atoms with Crippen molar-refractivity contribution < 1.29 is 23.0 Å². The molecule has 0 amide bonds. The summed E-state index contributed by atoms with van der Waals surface area (Å²) in [4.78, 5) is 4.06. The highest BCUT2D eigenvalue weighted by atomic mass is 127. The van der Waals surface area contributed by atoms with E-state index in [2.05, 4.69) is 15.6 Å². The Morgan fingerprint density at radius 2 is 2.08 bits per heavy atom. The average molecular weight is 487 g/mol. The van der Waals surface area contributed by atoms with Gasteiger partial charge in [-0.15, -0.1) is 24.0 Å². The molecule has 0 bridgehead atoms. The van der Waals surface area contributed by atoms with Crippen LogP contribution >= 0.6 is 24.0 Å². The Bertz CT molecular complexity index is 611. The first-order chi connectivity index (χ1) is 11.8. The highest BCUT2D eigenvalue weighted by Crippen LogP contribution is 2.37. The Kier molecular flexibility index (Phi) is 8.78. The van der Waals surface area contributed by atoms with Crippen molar-refractivity contribution in [2.45, 2.75) is 44.4 Å². The number of nitrogens with one attached hydrogen (secondary N) is 2. The number of phenols is 1. The minimum absolute atomic E-state index is 0. The van der Waals surface area contributed by atoms with E-state index in [1.165, 1.54) is 13.2 Å². The monoisotopic (exact) mass is 487 g/mol. The van der Waals surface area contributed by atoms with Crippen molar-refractivity contribution in [1.82, 2.24) is 10.6 Å². The number of benzene rings is 1. The van der Waals surface area contributed by atoms with Crippen LogP contribution in [0.25, 0.3) is 0 Å². The second-order valence-electron chi connectivity index (χ2n) is 6.17. The third-order valence-electron chi connectivity index (χ3n) is 4.43. The van der Waals surface area contributed by atoms with Crippen LogP contribution in [0.5, 0.6) is 11.5 Å². The summed E-state index contributed by atoms with van der Waals surface area (Å²) < 4.78 is 43.8. The van der Waals surface area contributed by atoms with Crippen molar-refractivity contribution >= 4 is 29.9 Å². The summed E-state index contributed by atoms with van der Waals surface area (Å²) in [7, 11) is 3.09. The molecular formula is C17H25F3IN3O2. The van der Waals surface area contributed by atoms with Crippen molar-refractivity contribution in [1.29, 1.82) is 0 Å². The van der Waals surface area contributed by atoms with E-state index in [0.29, 0.717) is 30.1 Å². The molecule has 0 heterocycles. The smallest absolute Gasteiger partial charge is 0.391 e. The molecule has 5 nitrogen and oxygen atoms in total. The maximum absolute atomic E-state index is 12.9. The number of phenolic OH excluding ortho intramolecular Hbond substituents is 1. The first-order valence-corrected chi connectivity index (χ1v) is 8.23. The maximum Gasteiger partial charge on any atom is 0.391 e. The zero-order valence-corrected chi connectivity index (χ0v) is 17.1. The minimum Gasteiger partial charge on any atom is -0.508 e. The van der Waals surface area contributed by atoms with E-state index < -0.39 is 12.1 Å². The first-order valence-electron chi connectivity index (χ1n) is 8.23. The zero-order valence-electron chi connectivity index (χ0n) is 14.8. The van der Waals surface area contributed by atoms with Crippen molar-refractivity contribution in [3.63, 3.8) is 0 Å². The zero-order chi connectivity index (χ0) is 18.4. The van der Waals surface area contributed by atoms with Crippen LogP contribution in [0.3, 0.4) is 0 Å². The average Bonchev–Trinajstić information content (AvgIpc) is 2.59. The number of ether oxygens (including phenoxy) is 1. The summed E-state index contributed by atoms with van der Waals surface area (Å²) >= 11 is 0. The molecule has 2 atom stereocenters. The largest absolute Gasteiger partial charge is 0.508 e. The van der Waals surface area contributed by atoms with E-state index in [1.54, 1.807) is 19.2 Å². The Morgan fingerprint density at radius 3 is 2.69 bits per heavy atom. The summed E-state index contributed by atoms with van der Waals surface area (Å²) in [6, 6.07) is 4.59. The topological polar surface area (TPSA) is 65.9 Å². The van der Waals surface area contributed by atoms with Gasteiger partial charge in [-0.3, -0.25) is 4.99 Å². The Labute approximate surface area is 168 Å². The summed E-state index contributed by atoms with van der Waals surface area (Å²) in [6.07, 6.45) is -2.70. The van der Waals surface area contributed by atoms with E-state index in [0.717, 1.165) is 0 Å². The third kappa shape index (κ3) is 6.40. The molecule has 1 saturated carbocycles. The molecule has 1 aromatic carbocycles. The van der Waals surface area contributed by atoms with E-state index in [1.807, 2.05) is 0 Å². The molecular weight excluding hydrogens is 462 g/mol. The quantitative estimate of drug-likeness (QED) is 0.344. The predicted octanol–water partition coefficient (Wildman–Crippen LogP) is 3.80. The standard InChI is InChI=1S/C17H24F3N3O2.HI/c1-21-16(22-10-11-8-14(25-2)6-7-15(11)24)23-13-5-3-4-12(9-13)17(18,19)20;/h6-8,12-13,24H,3-5,9-10H2,1-2H3,(H2,21,22,23);1H. The third-order valence-corrected chi connectivity index (χ3v) is 4.43. The number of aromatic hydroxyl groups is 1. The lowest BCUT2D eigenvalue weighted by molar-refractivity contribution is -0.183. The number of halogens is 4. The molecule has 0 spiro atoms. The number of hydrogen-bond donors (Lipinski definition) is 3. The van der Waals surface area contributed by atoms with Gasteiger partial charge in [0.15, 0.2) is 5.96 Å². The number of rotatable bonds is 4. The van der Waals surface area contributed by atoms with Crippen LogP contribution in [0.1, 0.15) is 31.2 Å². The van der Waals surface area contributed by atoms with Crippen LogP contribution in [0, 0.1) is 5.92 Å². The molecule has 1 aliphatic carbocycles. The maximum atomic E-state index is 12.9. The highest BCUT2D eigenvalue weighted by Gasteiger charge is 2.42. The molecule has 0 aromatic heterocycles. The summed E-state index contributed by atoms with van der Waals surface area (Å²) in [6.45, 7) is 0.276.